The minimum Gasteiger partial charge on any atom is -0.291 e. The summed E-state index contributed by atoms with van der Waals surface area (Å²) in [6.07, 6.45) is 0. The summed E-state index contributed by atoms with van der Waals surface area (Å²) in [6.45, 7) is 6.71. The molecule has 156 valence electrons. The van der Waals surface area contributed by atoms with Gasteiger partial charge in [0.1, 0.15) is 5.82 Å². The van der Waals surface area contributed by atoms with Crippen LogP contribution in [0.15, 0.2) is 53.3 Å². The van der Waals surface area contributed by atoms with E-state index in [2.05, 4.69) is 31.2 Å². The van der Waals surface area contributed by atoms with Crippen LogP contribution in [0.25, 0.3) is 16.7 Å². The standard InChI is InChI=1S/C22H24FN5OS/c1-22(2,3)18(14-9-11-15(23)12-10-14)24-13-27-21(30)28-17-8-6-5-7-16(17)19(29)26(4)20(28)25-27/h5-12,18,24H,13H2,1-4H3. The van der Waals surface area contributed by atoms with E-state index >= 15 is 0 Å². The molecule has 0 aliphatic rings. The summed E-state index contributed by atoms with van der Waals surface area (Å²) in [5.41, 5.74) is 1.48. The molecule has 2 heterocycles. The second-order valence-electron chi connectivity index (χ2n) is 8.51. The molecule has 0 saturated carbocycles. The first-order valence-electron chi connectivity index (χ1n) is 9.74. The maximum absolute atomic E-state index is 13.4. The largest absolute Gasteiger partial charge is 0.291 e. The van der Waals surface area contributed by atoms with E-state index in [9.17, 15) is 9.18 Å². The molecule has 0 amide bonds. The van der Waals surface area contributed by atoms with E-state index < -0.39 is 0 Å². The predicted molar refractivity (Wildman–Crippen MR) is 118 cm³/mol. The topological polar surface area (TPSA) is 56.3 Å². The summed E-state index contributed by atoms with van der Waals surface area (Å²) in [5, 5.41) is 8.70. The maximum atomic E-state index is 13.4. The Labute approximate surface area is 178 Å². The van der Waals surface area contributed by atoms with Gasteiger partial charge in [-0.3, -0.25) is 19.1 Å². The van der Waals surface area contributed by atoms with E-state index in [1.807, 2.05) is 22.6 Å². The molecule has 4 rings (SSSR count). The summed E-state index contributed by atoms with van der Waals surface area (Å²) < 4.78 is 18.9. The second kappa shape index (κ2) is 7.45. The van der Waals surface area contributed by atoms with Crippen LogP contribution >= 0.6 is 12.2 Å². The molecule has 1 N–H and O–H groups in total. The lowest BCUT2D eigenvalue weighted by molar-refractivity contribution is 0.251. The Morgan fingerprint density at radius 2 is 1.80 bits per heavy atom. The Morgan fingerprint density at radius 3 is 2.47 bits per heavy atom. The summed E-state index contributed by atoms with van der Waals surface area (Å²) in [4.78, 5) is 12.7. The number of nitrogens with one attached hydrogen (secondary N) is 1. The number of para-hydroxylation sites is 1. The van der Waals surface area contributed by atoms with E-state index in [0.717, 1.165) is 11.1 Å². The van der Waals surface area contributed by atoms with Crippen LogP contribution in [-0.4, -0.2) is 18.7 Å². The first kappa shape index (κ1) is 20.4. The van der Waals surface area contributed by atoms with Crippen LogP contribution in [-0.2, 0) is 13.7 Å². The molecule has 1 unspecified atom stereocenters. The molecule has 0 spiro atoms. The molecule has 0 fully saturated rings. The minimum atomic E-state index is -0.262. The van der Waals surface area contributed by atoms with Gasteiger partial charge in [-0.05, 0) is 47.5 Å². The molecular formula is C22H24FN5OS. The highest BCUT2D eigenvalue weighted by atomic mass is 32.1. The van der Waals surface area contributed by atoms with E-state index in [1.54, 1.807) is 29.9 Å². The molecule has 1 atom stereocenters. The first-order valence-corrected chi connectivity index (χ1v) is 10.2. The second-order valence-corrected chi connectivity index (χ2v) is 8.88. The van der Waals surface area contributed by atoms with Crippen molar-refractivity contribution in [1.29, 1.82) is 0 Å². The van der Waals surface area contributed by atoms with Gasteiger partial charge in [-0.15, -0.1) is 5.10 Å². The van der Waals surface area contributed by atoms with Crippen molar-refractivity contribution in [3.63, 3.8) is 0 Å². The summed E-state index contributed by atoms with van der Waals surface area (Å²) in [6, 6.07) is 13.8. The fraction of sp³-hybridized carbons (Fsp3) is 0.318. The molecule has 30 heavy (non-hydrogen) atoms. The van der Waals surface area contributed by atoms with Crippen LogP contribution in [0.4, 0.5) is 4.39 Å². The van der Waals surface area contributed by atoms with Gasteiger partial charge < -0.3 is 0 Å². The first-order chi connectivity index (χ1) is 14.2. The molecular weight excluding hydrogens is 401 g/mol. The molecule has 0 radical (unpaired) electrons. The van der Waals surface area contributed by atoms with Gasteiger partial charge in [0, 0.05) is 13.1 Å². The highest BCUT2D eigenvalue weighted by Crippen LogP contribution is 2.32. The van der Waals surface area contributed by atoms with Crippen molar-refractivity contribution in [3.8, 4) is 0 Å². The molecule has 4 aromatic rings. The Hall–Kier alpha value is -2.84. The average Bonchev–Trinajstić information content (AvgIpc) is 3.03. The normalized spacial score (nSPS) is 13.2. The van der Waals surface area contributed by atoms with E-state index in [-0.39, 0.29) is 22.8 Å². The van der Waals surface area contributed by atoms with Gasteiger partial charge >= 0.3 is 0 Å². The lowest BCUT2D eigenvalue weighted by atomic mass is 9.82. The third kappa shape index (κ3) is 3.46. The van der Waals surface area contributed by atoms with Crippen molar-refractivity contribution in [2.75, 3.05) is 0 Å². The van der Waals surface area contributed by atoms with Crippen LogP contribution in [0, 0.1) is 16.0 Å². The van der Waals surface area contributed by atoms with Gasteiger partial charge in [0.25, 0.3) is 5.56 Å². The third-order valence-corrected chi connectivity index (χ3v) is 5.71. The molecule has 0 saturated heterocycles. The van der Waals surface area contributed by atoms with Crippen molar-refractivity contribution in [2.24, 2.45) is 12.5 Å². The molecule has 2 aromatic carbocycles. The van der Waals surface area contributed by atoms with Crippen molar-refractivity contribution < 1.29 is 4.39 Å². The van der Waals surface area contributed by atoms with E-state index in [4.69, 9.17) is 12.2 Å². The minimum absolute atomic E-state index is 0.0506. The van der Waals surface area contributed by atoms with Crippen LogP contribution < -0.4 is 10.9 Å². The summed E-state index contributed by atoms with van der Waals surface area (Å²) >= 11 is 5.70. The number of hydrogen-bond donors (Lipinski definition) is 1. The molecule has 6 nitrogen and oxygen atoms in total. The van der Waals surface area contributed by atoms with Crippen LogP contribution in [0.5, 0.6) is 0 Å². The van der Waals surface area contributed by atoms with Crippen molar-refractivity contribution in [2.45, 2.75) is 33.5 Å². The highest BCUT2D eigenvalue weighted by molar-refractivity contribution is 7.71. The van der Waals surface area contributed by atoms with Gasteiger partial charge in [-0.2, -0.15) is 0 Å². The zero-order chi connectivity index (χ0) is 21.6. The van der Waals surface area contributed by atoms with Gasteiger partial charge in [0.15, 0.2) is 0 Å². The lowest BCUT2D eigenvalue weighted by Gasteiger charge is -2.32. The molecule has 0 aliphatic carbocycles. The monoisotopic (exact) mass is 425 g/mol. The lowest BCUT2D eigenvalue weighted by Crippen LogP contribution is -2.34. The van der Waals surface area contributed by atoms with Gasteiger partial charge in [-0.25, -0.2) is 9.07 Å². The fourth-order valence-electron chi connectivity index (χ4n) is 3.81. The SMILES string of the molecule is Cn1c(=O)c2ccccc2n2c(=S)n(CNC(c3ccc(F)cc3)C(C)(C)C)nc12. The molecule has 2 aromatic heterocycles. The van der Waals surface area contributed by atoms with Gasteiger partial charge in [0.2, 0.25) is 10.5 Å². The van der Waals surface area contributed by atoms with Crippen LogP contribution in [0.2, 0.25) is 0 Å². The van der Waals surface area contributed by atoms with Crippen molar-refractivity contribution in [3.05, 3.63) is 75.0 Å². The number of hydrogen-bond acceptors (Lipinski definition) is 4. The summed E-state index contributed by atoms with van der Waals surface area (Å²) in [7, 11) is 1.69. The highest BCUT2D eigenvalue weighted by Gasteiger charge is 2.26. The van der Waals surface area contributed by atoms with E-state index in [1.165, 1.54) is 16.7 Å². The van der Waals surface area contributed by atoms with Crippen molar-refractivity contribution >= 4 is 28.9 Å². The number of nitrogens with zero attached hydrogens (tertiary/aromatic N) is 4. The number of rotatable bonds is 4. The predicted octanol–water partition coefficient (Wildman–Crippen LogP) is 4.19. The smallest absolute Gasteiger partial charge is 0.262 e. The average molecular weight is 426 g/mol. The zero-order valence-electron chi connectivity index (χ0n) is 17.4. The van der Waals surface area contributed by atoms with Gasteiger partial charge in [-0.1, -0.05) is 45.0 Å². The number of aromatic nitrogens is 4. The third-order valence-electron chi connectivity index (χ3n) is 5.32. The van der Waals surface area contributed by atoms with Gasteiger partial charge in [0.05, 0.1) is 17.6 Å². The Kier molecular flexibility index (Phi) is 5.07. The molecule has 0 bridgehead atoms. The Balaban J connectivity index is 1.77. The quantitative estimate of drug-likeness (QED) is 0.498. The summed E-state index contributed by atoms with van der Waals surface area (Å²) in [5.74, 6) is 0.223. The molecule has 0 aliphatic heterocycles. The Bertz CT molecular complexity index is 1340. The van der Waals surface area contributed by atoms with Crippen LogP contribution in [0.3, 0.4) is 0 Å². The molecule has 8 heteroatoms. The fourth-order valence-corrected chi connectivity index (χ4v) is 4.09. The van der Waals surface area contributed by atoms with E-state index in [0.29, 0.717) is 22.6 Å². The number of benzene rings is 2. The number of halogens is 1. The van der Waals surface area contributed by atoms with Crippen LogP contribution in [0.1, 0.15) is 32.4 Å². The number of fused-ring (bicyclic) bond motifs is 3. The Morgan fingerprint density at radius 1 is 1.13 bits per heavy atom. The zero-order valence-corrected chi connectivity index (χ0v) is 18.2. The number of aryl methyl sites for hydroxylation is 1. The van der Waals surface area contributed by atoms with Crippen molar-refractivity contribution in [1.82, 2.24) is 24.1 Å². The maximum Gasteiger partial charge on any atom is 0.262 e.